The van der Waals surface area contributed by atoms with Crippen LogP contribution in [-0.4, -0.2) is 33.5 Å². The normalized spacial score (nSPS) is 10.6. The standard InChI is InChI=1S/C13H18ClFO3/c1-16-7-8-17-5-2-6-18-13-4-3-12(15)9-11(13)10-14/h3-4,9H,2,5-8,10H2,1H3. The molecule has 0 atom stereocenters. The average molecular weight is 277 g/mol. The van der Waals surface area contributed by atoms with Gasteiger partial charge in [0.1, 0.15) is 11.6 Å². The Hall–Kier alpha value is -0.840. The van der Waals surface area contributed by atoms with Crippen LogP contribution in [0, 0.1) is 5.82 Å². The summed E-state index contributed by atoms with van der Waals surface area (Å²) in [6.07, 6.45) is 0.767. The highest BCUT2D eigenvalue weighted by Crippen LogP contribution is 2.21. The predicted molar refractivity (Wildman–Crippen MR) is 68.8 cm³/mol. The van der Waals surface area contributed by atoms with Crippen molar-refractivity contribution in [2.75, 3.05) is 33.5 Å². The molecule has 0 aromatic heterocycles. The lowest BCUT2D eigenvalue weighted by Gasteiger charge is -2.10. The molecule has 0 bridgehead atoms. The summed E-state index contributed by atoms with van der Waals surface area (Å²) in [5.74, 6) is 0.557. The molecular formula is C13H18ClFO3. The van der Waals surface area contributed by atoms with Gasteiger partial charge < -0.3 is 14.2 Å². The van der Waals surface area contributed by atoms with Crippen LogP contribution in [0.25, 0.3) is 0 Å². The van der Waals surface area contributed by atoms with Gasteiger partial charge in [-0.25, -0.2) is 4.39 Å². The number of hydrogen-bond acceptors (Lipinski definition) is 3. The Morgan fingerprint density at radius 3 is 2.72 bits per heavy atom. The zero-order valence-corrected chi connectivity index (χ0v) is 11.2. The molecule has 0 N–H and O–H groups in total. The first-order valence-corrected chi connectivity index (χ1v) is 6.35. The molecule has 0 amide bonds. The van der Waals surface area contributed by atoms with Crippen LogP contribution in [0.4, 0.5) is 4.39 Å². The van der Waals surface area contributed by atoms with Crippen LogP contribution in [0.15, 0.2) is 18.2 Å². The van der Waals surface area contributed by atoms with E-state index in [0.717, 1.165) is 6.42 Å². The minimum atomic E-state index is -0.305. The molecule has 0 saturated carbocycles. The van der Waals surface area contributed by atoms with E-state index in [1.807, 2.05) is 0 Å². The molecule has 1 aromatic carbocycles. The number of halogens is 2. The van der Waals surface area contributed by atoms with E-state index in [2.05, 4.69) is 0 Å². The lowest BCUT2D eigenvalue weighted by atomic mass is 10.2. The van der Waals surface area contributed by atoms with Gasteiger partial charge in [0.25, 0.3) is 0 Å². The maximum absolute atomic E-state index is 12.9. The molecule has 102 valence electrons. The highest BCUT2D eigenvalue weighted by molar-refractivity contribution is 6.17. The number of hydrogen-bond donors (Lipinski definition) is 0. The van der Waals surface area contributed by atoms with Crippen molar-refractivity contribution in [3.8, 4) is 5.75 Å². The largest absolute Gasteiger partial charge is 0.493 e. The quantitative estimate of drug-likeness (QED) is 0.513. The van der Waals surface area contributed by atoms with Gasteiger partial charge in [0.2, 0.25) is 0 Å². The number of benzene rings is 1. The van der Waals surface area contributed by atoms with Crippen LogP contribution in [0.3, 0.4) is 0 Å². The van der Waals surface area contributed by atoms with E-state index in [0.29, 0.717) is 37.7 Å². The lowest BCUT2D eigenvalue weighted by molar-refractivity contribution is 0.0644. The third-order valence-electron chi connectivity index (χ3n) is 2.29. The molecule has 0 aliphatic carbocycles. The Labute approximate surface area is 112 Å². The smallest absolute Gasteiger partial charge is 0.123 e. The van der Waals surface area contributed by atoms with Gasteiger partial charge in [-0.05, 0) is 18.2 Å². The molecule has 0 spiro atoms. The van der Waals surface area contributed by atoms with Crippen LogP contribution in [0.2, 0.25) is 0 Å². The Kier molecular flexibility index (Phi) is 7.73. The van der Waals surface area contributed by atoms with Crippen molar-refractivity contribution in [3.05, 3.63) is 29.6 Å². The van der Waals surface area contributed by atoms with Crippen molar-refractivity contribution < 1.29 is 18.6 Å². The zero-order valence-electron chi connectivity index (χ0n) is 10.5. The van der Waals surface area contributed by atoms with Crippen LogP contribution in [0.5, 0.6) is 5.75 Å². The first kappa shape index (κ1) is 15.2. The van der Waals surface area contributed by atoms with Crippen LogP contribution in [0.1, 0.15) is 12.0 Å². The molecule has 3 nitrogen and oxygen atoms in total. The van der Waals surface area contributed by atoms with Crippen molar-refractivity contribution in [1.29, 1.82) is 0 Å². The Morgan fingerprint density at radius 2 is 2.00 bits per heavy atom. The molecule has 0 saturated heterocycles. The fourth-order valence-corrected chi connectivity index (χ4v) is 1.59. The number of ether oxygens (including phenoxy) is 3. The van der Waals surface area contributed by atoms with Gasteiger partial charge in [0.15, 0.2) is 0 Å². The van der Waals surface area contributed by atoms with E-state index < -0.39 is 0 Å². The van der Waals surface area contributed by atoms with Gasteiger partial charge in [-0.3, -0.25) is 0 Å². The Bertz CT molecular complexity index is 347. The molecule has 0 heterocycles. The summed E-state index contributed by atoms with van der Waals surface area (Å²) in [4.78, 5) is 0. The first-order valence-electron chi connectivity index (χ1n) is 5.81. The zero-order chi connectivity index (χ0) is 13.2. The summed E-state index contributed by atoms with van der Waals surface area (Å²) >= 11 is 5.72. The van der Waals surface area contributed by atoms with Crippen molar-refractivity contribution >= 4 is 11.6 Å². The second-order valence-electron chi connectivity index (χ2n) is 3.69. The monoisotopic (exact) mass is 276 g/mol. The maximum Gasteiger partial charge on any atom is 0.123 e. The van der Waals surface area contributed by atoms with E-state index in [9.17, 15) is 4.39 Å². The summed E-state index contributed by atoms with van der Waals surface area (Å²) in [5, 5.41) is 0. The molecule has 0 aliphatic heterocycles. The molecule has 0 fully saturated rings. The second kappa shape index (κ2) is 9.14. The third-order valence-corrected chi connectivity index (χ3v) is 2.58. The van der Waals surface area contributed by atoms with Crippen molar-refractivity contribution in [2.24, 2.45) is 0 Å². The van der Waals surface area contributed by atoms with Crippen LogP contribution >= 0.6 is 11.6 Å². The molecule has 1 rings (SSSR count). The minimum Gasteiger partial charge on any atom is -0.493 e. The van der Waals surface area contributed by atoms with Gasteiger partial charge in [0.05, 0.1) is 25.7 Å². The van der Waals surface area contributed by atoms with E-state index in [4.69, 9.17) is 25.8 Å². The molecular weight excluding hydrogens is 259 g/mol. The average Bonchev–Trinajstić information content (AvgIpc) is 2.39. The summed E-state index contributed by atoms with van der Waals surface area (Å²) in [6, 6.07) is 4.34. The third kappa shape index (κ3) is 5.67. The van der Waals surface area contributed by atoms with Crippen molar-refractivity contribution in [3.63, 3.8) is 0 Å². The van der Waals surface area contributed by atoms with Gasteiger partial charge >= 0.3 is 0 Å². The summed E-state index contributed by atoms with van der Waals surface area (Å²) in [5.41, 5.74) is 0.664. The molecule has 5 heteroatoms. The first-order chi connectivity index (χ1) is 8.77. The van der Waals surface area contributed by atoms with Crippen LogP contribution in [-0.2, 0) is 15.4 Å². The Morgan fingerprint density at radius 1 is 1.17 bits per heavy atom. The van der Waals surface area contributed by atoms with Gasteiger partial charge in [0, 0.05) is 25.7 Å². The van der Waals surface area contributed by atoms with E-state index in [1.54, 1.807) is 13.2 Å². The molecule has 18 heavy (non-hydrogen) atoms. The molecule has 0 aliphatic rings. The number of alkyl halides is 1. The minimum absolute atomic E-state index is 0.234. The SMILES string of the molecule is COCCOCCCOc1ccc(F)cc1CCl. The highest BCUT2D eigenvalue weighted by Gasteiger charge is 2.04. The summed E-state index contributed by atoms with van der Waals surface area (Å²) < 4.78 is 28.6. The highest BCUT2D eigenvalue weighted by atomic mass is 35.5. The topological polar surface area (TPSA) is 27.7 Å². The van der Waals surface area contributed by atoms with E-state index >= 15 is 0 Å². The van der Waals surface area contributed by atoms with Gasteiger partial charge in [-0.1, -0.05) is 0 Å². The van der Waals surface area contributed by atoms with E-state index in [1.165, 1.54) is 12.1 Å². The fourth-order valence-electron chi connectivity index (χ4n) is 1.38. The second-order valence-corrected chi connectivity index (χ2v) is 3.96. The molecule has 1 aromatic rings. The van der Waals surface area contributed by atoms with Crippen LogP contribution < -0.4 is 4.74 Å². The number of rotatable bonds is 9. The van der Waals surface area contributed by atoms with E-state index in [-0.39, 0.29) is 11.7 Å². The van der Waals surface area contributed by atoms with Crippen molar-refractivity contribution in [1.82, 2.24) is 0 Å². The predicted octanol–water partition coefficient (Wildman–Crippen LogP) is 3.00. The molecule has 0 unspecified atom stereocenters. The summed E-state index contributed by atoms with van der Waals surface area (Å²) in [7, 11) is 1.63. The van der Waals surface area contributed by atoms with Crippen molar-refractivity contribution in [2.45, 2.75) is 12.3 Å². The maximum atomic E-state index is 12.9. The number of methoxy groups -OCH3 is 1. The lowest BCUT2D eigenvalue weighted by Crippen LogP contribution is -2.07. The Balaban J connectivity index is 2.22. The fraction of sp³-hybridized carbons (Fsp3) is 0.538. The summed E-state index contributed by atoms with van der Waals surface area (Å²) in [6.45, 7) is 2.30. The molecule has 0 radical (unpaired) electrons. The van der Waals surface area contributed by atoms with Gasteiger partial charge in [-0.2, -0.15) is 0 Å². The van der Waals surface area contributed by atoms with Gasteiger partial charge in [-0.15, -0.1) is 11.6 Å².